The van der Waals surface area contributed by atoms with E-state index in [1.54, 1.807) is 6.21 Å². The molecule has 0 saturated carbocycles. The van der Waals surface area contributed by atoms with Gasteiger partial charge in [-0.3, -0.25) is 0 Å². The first-order valence-corrected chi connectivity index (χ1v) is 7.79. The van der Waals surface area contributed by atoms with Crippen LogP contribution in [0.5, 0.6) is 0 Å². The number of halogens is 1. The molecule has 0 amide bonds. The number of nitrogens with zero attached hydrogens (tertiary/aromatic N) is 2. The Labute approximate surface area is 132 Å². The Morgan fingerprint density at radius 2 is 1.76 bits per heavy atom. The number of rotatable bonds is 3. The molecular formula is C17H13ClN2S. The van der Waals surface area contributed by atoms with E-state index >= 15 is 0 Å². The highest BCUT2D eigenvalue weighted by Gasteiger charge is 2.03. The second-order valence-corrected chi connectivity index (χ2v) is 5.96. The largest absolute Gasteiger partial charge is 0.227 e. The van der Waals surface area contributed by atoms with Crippen LogP contribution in [-0.4, -0.2) is 11.2 Å². The van der Waals surface area contributed by atoms with Gasteiger partial charge in [-0.1, -0.05) is 53.6 Å². The molecule has 0 bridgehead atoms. The van der Waals surface area contributed by atoms with Crippen LogP contribution in [0.25, 0.3) is 11.3 Å². The molecule has 3 rings (SSSR count). The van der Waals surface area contributed by atoms with E-state index in [9.17, 15) is 0 Å². The number of hydrogen-bond acceptors (Lipinski definition) is 3. The van der Waals surface area contributed by atoms with Crippen LogP contribution in [0.1, 0.15) is 11.1 Å². The van der Waals surface area contributed by atoms with Crippen molar-refractivity contribution in [2.24, 2.45) is 4.99 Å². The molecule has 0 fully saturated rings. The first-order valence-electron chi connectivity index (χ1n) is 6.53. The Morgan fingerprint density at radius 1 is 1.05 bits per heavy atom. The van der Waals surface area contributed by atoms with Crippen molar-refractivity contribution in [1.82, 2.24) is 4.98 Å². The molecular weight excluding hydrogens is 300 g/mol. The molecule has 0 N–H and O–H groups in total. The Kier molecular flexibility index (Phi) is 4.13. The topological polar surface area (TPSA) is 25.2 Å². The second-order valence-electron chi connectivity index (χ2n) is 4.69. The van der Waals surface area contributed by atoms with Gasteiger partial charge < -0.3 is 0 Å². The summed E-state index contributed by atoms with van der Waals surface area (Å²) in [6.07, 6.45) is 1.80. The number of aromatic nitrogens is 1. The predicted molar refractivity (Wildman–Crippen MR) is 91.0 cm³/mol. The minimum absolute atomic E-state index is 0.725. The molecule has 1 aromatic heterocycles. The van der Waals surface area contributed by atoms with Crippen molar-refractivity contribution in [3.63, 3.8) is 0 Å². The Morgan fingerprint density at radius 3 is 2.48 bits per heavy atom. The van der Waals surface area contributed by atoms with Gasteiger partial charge in [0.25, 0.3) is 0 Å². The van der Waals surface area contributed by atoms with Gasteiger partial charge in [0.2, 0.25) is 5.13 Å². The van der Waals surface area contributed by atoms with E-state index in [-0.39, 0.29) is 0 Å². The number of thiazole rings is 1. The second kappa shape index (κ2) is 6.20. The lowest BCUT2D eigenvalue weighted by atomic mass is 10.1. The van der Waals surface area contributed by atoms with E-state index in [0.29, 0.717) is 0 Å². The molecule has 2 nitrogen and oxygen atoms in total. The molecule has 0 spiro atoms. The van der Waals surface area contributed by atoms with Crippen molar-refractivity contribution in [2.75, 3.05) is 0 Å². The molecule has 4 heteroatoms. The monoisotopic (exact) mass is 312 g/mol. The summed E-state index contributed by atoms with van der Waals surface area (Å²) in [7, 11) is 0. The summed E-state index contributed by atoms with van der Waals surface area (Å²) in [6.45, 7) is 2.08. The maximum atomic E-state index is 5.86. The third kappa shape index (κ3) is 3.57. The van der Waals surface area contributed by atoms with Gasteiger partial charge in [0, 0.05) is 22.2 Å². The van der Waals surface area contributed by atoms with Crippen LogP contribution in [0.2, 0.25) is 5.02 Å². The standard InChI is InChI=1S/C17H13ClN2S/c1-12-2-6-14(7-3-12)16-11-21-17(20-16)19-10-13-4-8-15(18)9-5-13/h2-11H,1H3. The van der Waals surface area contributed by atoms with Gasteiger partial charge in [0.05, 0.1) is 5.69 Å². The fourth-order valence-corrected chi connectivity index (χ4v) is 2.66. The zero-order valence-electron chi connectivity index (χ0n) is 11.5. The average Bonchev–Trinajstić information content (AvgIpc) is 2.96. The van der Waals surface area contributed by atoms with Crippen molar-refractivity contribution in [3.8, 4) is 11.3 Å². The van der Waals surface area contributed by atoms with Crippen molar-refractivity contribution in [3.05, 3.63) is 70.1 Å². The molecule has 0 aliphatic rings. The van der Waals surface area contributed by atoms with Gasteiger partial charge in [-0.2, -0.15) is 0 Å². The average molecular weight is 313 g/mol. The van der Waals surface area contributed by atoms with Crippen molar-refractivity contribution in [2.45, 2.75) is 6.92 Å². The number of aryl methyl sites for hydroxylation is 1. The van der Waals surface area contributed by atoms with Gasteiger partial charge in [-0.05, 0) is 24.6 Å². The van der Waals surface area contributed by atoms with E-state index in [1.807, 2.05) is 29.6 Å². The highest BCUT2D eigenvalue weighted by molar-refractivity contribution is 7.13. The summed E-state index contributed by atoms with van der Waals surface area (Å²) in [5.74, 6) is 0. The molecule has 0 aliphatic carbocycles. The molecule has 0 radical (unpaired) electrons. The first-order chi connectivity index (χ1) is 10.2. The van der Waals surface area contributed by atoms with Crippen LogP contribution in [0, 0.1) is 6.92 Å². The Balaban J connectivity index is 1.78. The smallest absolute Gasteiger partial charge is 0.209 e. The van der Waals surface area contributed by atoms with Crippen LogP contribution >= 0.6 is 22.9 Å². The van der Waals surface area contributed by atoms with Gasteiger partial charge in [-0.15, -0.1) is 11.3 Å². The molecule has 104 valence electrons. The highest BCUT2D eigenvalue weighted by atomic mass is 35.5. The fraction of sp³-hybridized carbons (Fsp3) is 0.0588. The van der Waals surface area contributed by atoms with Gasteiger partial charge in [-0.25, -0.2) is 9.98 Å². The molecule has 0 atom stereocenters. The predicted octanol–water partition coefficient (Wildman–Crippen LogP) is 5.52. The third-order valence-electron chi connectivity index (χ3n) is 3.03. The van der Waals surface area contributed by atoms with Crippen LogP contribution < -0.4 is 0 Å². The minimum atomic E-state index is 0.725. The Hall–Kier alpha value is -1.97. The summed E-state index contributed by atoms with van der Waals surface area (Å²) in [5.41, 5.74) is 4.33. The zero-order chi connectivity index (χ0) is 14.7. The quantitative estimate of drug-likeness (QED) is 0.584. The van der Waals surface area contributed by atoms with Crippen molar-refractivity contribution < 1.29 is 0 Å². The molecule has 2 aromatic carbocycles. The molecule has 0 unspecified atom stereocenters. The number of aliphatic imine (C=N–C) groups is 1. The lowest BCUT2D eigenvalue weighted by Gasteiger charge is -1.96. The lowest BCUT2D eigenvalue weighted by Crippen LogP contribution is -1.80. The van der Waals surface area contributed by atoms with Gasteiger partial charge in [0.1, 0.15) is 0 Å². The van der Waals surface area contributed by atoms with Gasteiger partial charge >= 0.3 is 0 Å². The van der Waals surface area contributed by atoms with E-state index < -0.39 is 0 Å². The first kappa shape index (κ1) is 14.0. The van der Waals surface area contributed by atoms with Crippen molar-refractivity contribution >= 4 is 34.3 Å². The highest BCUT2D eigenvalue weighted by Crippen LogP contribution is 2.26. The minimum Gasteiger partial charge on any atom is -0.227 e. The molecule has 0 aliphatic heterocycles. The number of hydrogen-bond donors (Lipinski definition) is 0. The molecule has 1 heterocycles. The number of benzene rings is 2. The maximum absolute atomic E-state index is 5.86. The summed E-state index contributed by atoms with van der Waals surface area (Å²) in [6, 6.07) is 15.9. The van der Waals surface area contributed by atoms with Crippen LogP contribution in [0.4, 0.5) is 5.13 Å². The SMILES string of the molecule is Cc1ccc(-c2csc(N=Cc3ccc(Cl)cc3)n2)cc1. The van der Waals surface area contributed by atoms with E-state index in [4.69, 9.17) is 11.6 Å². The van der Waals surface area contributed by atoms with Crippen LogP contribution in [0.3, 0.4) is 0 Å². The van der Waals surface area contributed by atoms with E-state index in [1.165, 1.54) is 16.9 Å². The van der Waals surface area contributed by atoms with Crippen LogP contribution in [-0.2, 0) is 0 Å². The van der Waals surface area contributed by atoms with Crippen LogP contribution in [0.15, 0.2) is 58.9 Å². The van der Waals surface area contributed by atoms with E-state index in [2.05, 4.69) is 41.2 Å². The normalized spacial score (nSPS) is 11.1. The molecule has 3 aromatic rings. The summed E-state index contributed by atoms with van der Waals surface area (Å²) >= 11 is 7.39. The molecule has 0 saturated heterocycles. The fourth-order valence-electron chi connectivity index (χ4n) is 1.86. The summed E-state index contributed by atoms with van der Waals surface area (Å²) in [4.78, 5) is 8.95. The Bertz CT molecular complexity index is 758. The third-order valence-corrected chi connectivity index (χ3v) is 4.03. The summed E-state index contributed by atoms with van der Waals surface area (Å²) in [5, 5.41) is 3.50. The van der Waals surface area contributed by atoms with E-state index in [0.717, 1.165) is 27.0 Å². The zero-order valence-corrected chi connectivity index (χ0v) is 13.0. The van der Waals surface area contributed by atoms with Gasteiger partial charge in [0.15, 0.2) is 0 Å². The van der Waals surface area contributed by atoms with Crippen molar-refractivity contribution in [1.29, 1.82) is 0 Å². The lowest BCUT2D eigenvalue weighted by molar-refractivity contribution is 1.35. The molecule has 21 heavy (non-hydrogen) atoms. The maximum Gasteiger partial charge on any atom is 0.209 e. The summed E-state index contributed by atoms with van der Waals surface area (Å²) < 4.78 is 0.